The number of H-pyrrole nitrogens is 2. The topological polar surface area (TPSA) is 152 Å². The standard InChI is InChI=1S/C4H6N2O.C3H4N2O2.C2H4N4/c1-3-5-4(2)7-6-3;1-2-4-5-3(6)7-2;1-2-3-5-6-4-2/h1-2H3;1H3,(H,5,6);1H3,(H,3,4,5,6). The highest BCUT2D eigenvalue weighted by Gasteiger charge is 1.90. The summed E-state index contributed by atoms with van der Waals surface area (Å²) in [6.07, 6.45) is 0. The van der Waals surface area contributed by atoms with Crippen molar-refractivity contribution in [1.82, 2.24) is 41.0 Å². The highest BCUT2D eigenvalue weighted by Crippen LogP contribution is 1.89. The van der Waals surface area contributed by atoms with Gasteiger partial charge in [-0.25, -0.2) is 9.89 Å². The number of aryl methyl sites for hydroxylation is 4. The third-order valence-electron chi connectivity index (χ3n) is 1.63. The Balaban J connectivity index is 0.000000151. The van der Waals surface area contributed by atoms with Crippen molar-refractivity contribution in [3.05, 3.63) is 34.0 Å². The van der Waals surface area contributed by atoms with Crippen molar-refractivity contribution in [3.8, 4) is 0 Å². The molecule has 0 unspecified atom stereocenters. The van der Waals surface area contributed by atoms with Gasteiger partial charge in [-0.2, -0.15) is 10.2 Å². The van der Waals surface area contributed by atoms with E-state index in [0.717, 1.165) is 0 Å². The van der Waals surface area contributed by atoms with E-state index in [4.69, 9.17) is 0 Å². The molecule has 0 aliphatic rings. The minimum absolute atomic E-state index is 0.366. The molecule has 0 atom stereocenters. The molecule has 0 saturated heterocycles. The molecule has 0 radical (unpaired) electrons. The van der Waals surface area contributed by atoms with Crippen molar-refractivity contribution < 1.29 is 8.94 Å². The number of nitrogens with zero attached hydrogens (tertiary/aromatic N) is 6. The van der Waals surface area contributed by atoms with Crippen LogP contribution >= 0.6 is 0 Å². The molecule has 0 aliphatic carbocycles. The van der Waals surface area contributed by atoms with E-state index in [9.17, 15) is 4.79 Å². The van der Waals surface area contributed by atoms with Gasteiger partial charge >= 0.3 is 5.76 Å². The van der Waals surface area contributed by atoms with Crippen LogP contribution in [0.15, 0.2) is 13.7 Å². The van der Waals surface area contributed by atoms with Crippen molar-refractivity contribution >= 4 is 0 Å². The molecule has 0 spiro atoms. The summed E-state index contributed by atoms with van der Waals surface area (Å²) in [6, 6.07) is 0. The molecule has 0 saturated carbocycles. The Bertz CT molecular complexity index is 636. The van der Waals surface area contributed by atoms with Crippen LogP contribution in [-0.2, 0) is 0 Å². The lowest BCUT2D eigenvalue weighted by atomic mass is 10.7. The van der Waals surface area contributed by atoms with E-state index in [-0.39, 0.29) is 0 Å². The van der Waals surface area contributed by atoms with Crippen LogP contribution in [0.3, 0.4) is 0 Å². The third-order valence-corrected chi connectivity index (χ3v) is 1.63. The first kappa shape index (κ1) is 15.2. The van der Waals surface area contributed by atoms with E-state index < -0.39 is 5.76 Å². The second-order valence-corrected chi connectivity index (χ2v) is 3.45. The molecule has 2 N–H and O–H groups in total. The number of aromatic nitrogens is 8. The Morgan fingerprint density at radius 3 is 1.90 bits per heavy atom. The first-order valence-corrected chi connectivity index (χ1v) is 5.46. The lowest BCUT2D eigenvalue weighted by Gasteiger charge is -1.64. The van der Waals surface area contributed by atoms with Crippen LogP contribution in [0.5, 0.6) is 0 Å². The van der Waals surface area contributed by atoms with Crippen LogP contribution in [0, 0.1) is 27.7 Å². The van der Waals surface area contributed by atoms with Gasteiger partial charge in [0.2, 0.25) is 11.8 Å². The van der Waals surface area contributed by atoms with E-state index in [1.165, 1.54) is 0 Å². The molecule has 0 fully saturated rings. The fourth-order valence-electron chi connectivity index (χ4n) is 0.917. The summed E-state index contributed by atoms with van der Waals surface area (Å²) in [7, 11) is 0. The summed E-state index contributed by atoms with van der Waals surface area (Å²) in [4.78, 5) is 13.8. The van der Waals surface area contributed by atoms with Gasteiger partial charge in [0, 0.05) is 13.8 Å². The van der Waals surface area contributed by atoms with Gasteiger partial charge in [-0.3, -0.25) is 0 Å². The Morgan fingerprint density at radius 2 is 1.75 bits per heavy atom. The summed E-state index contributed by atoms with van der Waals surface area (Å²) in [5.74, 6) is 1.85. The van der Waals surface area contributed by atoms with Crippen molar-refractivity contribution in [3.63, 3.8) is 0 Å². The van der Waals surface area contributed by atoms with Crippen LogP contribution in [-0.4, -0.2) is 41.0 Å². The highest BCUT2D eigenvalue weighted by molar-refractivity contribution is 4.77. The molecule has 0 aromatic carbocycles. The largest absolute Gasteiger partial charge is 0.434 e. The SMILES string of the molecule is Cc1n[nH]c(=O)o1.Cc1nn[nH]n1.Cc1noc(C)n1. The second-order valence-electron chi connectivity index (χ2n) is 3.45. The van der Waals surface area contributed by atoms with Gasteiger partial charge in [0.05, 0.1) is 0 Å². The maximum atomic E-state index is 10.0. The average Bonchev–Trinajstić information content (AvgIpc) is 3.07. The van der Waals surface area contributed by atoms with Gasteiger partial charge < -0.3 is 8.94 Å². The van der Waals surface area contributed by atoms with Crippen molar-refractivity contribution in [2.75, 3.05) is 0 Å². The third kappa shape index (κ3) is 6.18. The molecule has 3 aromatic heterocycles. The van der Waals surface area contributed by atoms with Crippen molar-refractivity contribution in [1.29, 1.82) is 0 Å². The molecule has 0 bridgehead atoms. The van der Waals surface area contributed by atoms with Crippen LogP contribution < -0.4 is 5.76 Å². The van der Waals surface area contributed by atoms with Gasteiger partial charge in [0.15, 0.2) is 11.6 Å². The monoisotopic (exact) mass is 282 g/mol. The lowest BCUT2D eigenvalue weighted by Crippen LogP contribution is -1.93. The number of hydrogen-bond acceptors (Lipinski definition) is 9. The summed E-state index contributed by atoms with van der Waals surface area (Å²) in [5.41, 5.74) is 0. The zero-order valence-electron chi connectivity index (χ0n) is 11.4. The number of nitrogens with one attached hydrogen (secondary N) is 2. The number of tetrazole rings is 1. The summed E-state index contributed by atoms with van der Waals surface area (Å²) in [5, 5.41) is 21.8. The molecule has 3 rings (SSSR count). The normalized spacial score (nSPS) is 9.20. The Hall–Kier alpha value is -2.85. The zero-order valence-corrected chi connectivity index (χ0v) is 11.4. The Labute approximate surface area is 112 Å². The van der Waals surface area contributed by atoms with Crippen LogP contribution in [0.2, 0.25) is 0 Å². The van der Waals surface area contributed by atoms with Gasteiger partial charge in [-0.15, -0.1) is 15.3 Å². The maximum Gasteiger partial charge on any atom is 0.434 e. The van der Waals surface area contributed by atoms with E-state index >= 15 is 0 Å². The zero-order chi connectivity index (χ0) is 15.0. The van der Waals surface area contributed by atoms with Crippen LogP contribution in [0.4, 0.5) is 0 Å². The smallest absolute Gasteiger partial charge is 0.393 e. The molecule has 20 heavy (non-hydrogen) atoms. The molecular weight excluding hydrogens is 268 g/mol. The molecule has 3 heterocycles. The molecule has 108 valence electrons. The fourth-order valence-corrected chi connectivity index (χ4v) is 0.917. The van der Waals surface area contributed by atoms with Crippen LogP contribution in [0.25, 0.3) is 0 Å². The summed E-state index contributed by atoms with van der Waals surface area (Å²) >= 11 is 0. The molecular formula is C9H14N8O3. The van der Waals surface area contributed by atoms with E-state index in [0.29, 0.717) is 23.4 Å². The van der Waals surface area contributed by atoms with Gasteiger partial charge in [-0.1, -0.05) is 10.4 Å². The van der Waals surface area contributed by atoms with E-state index in [1.54, 1.807) is 27.7 Å². The summed E-state index contributed by atoms with van der Waals surface area (Å²) in [6.45, 7) is 6.91. The number of rotatable bonds is 0. The predicted molar refractivity (Wildman–Crippen MR) is 64.5 cm³/mol. The molecule has 11 nitrogen and oxygen atoms in total. The first-order chi connectivity index (χ1) is 9.47. The maximum absolute atomic E-state index is 10.0. The highest BCUT2D eigenvalue weighted by atomic mass is 16.5. The molecule has 0 amide bonds. The Kier molecular flexibility index (Phi) is 5.75. The molecule has 11 heteroatoms. The quantitative estimate of drug-likeness (QED) is 0.573. The average molecular weight is 282 g/mol. The van der Waals surface area contributed by atoms with Gasteiger partial charge in [-0.05, 0) is 13.8 Å². The van der Waals surface area contributed by atoms with Crippen molar-refractivity contribution in [2.45, 2.75) is 27.7 Å². The lowest BCUT2D eigenvalue weighted by molar-refractivity contribution is 0.389. The molecule has 0 aliphatic heterocycles. The van der Waals surface area contributed by atoms with Gasteiger partial charge in [0.25, 0.3) is 0 Å². The minimum atomic E-state index is -0.502. The number of hydrogen-bond donors (Lipinski definition) is 2. The first-order valence-electron chi connectivity index (χ1n) is 5.46. The van der Waals surface area contributed by atoms with E-state index in [2.05, 4.69) is 49.9 Å². The predicted octanol–water partition coefficient (Wildman–Crippen LogP) is -0.134. The number of aromatic amines is 2. The molecule has 3 aromatic rings. The summed E-state index contributed by atoms with van der Waals surface area (Å²) < 4.78 is 8.96. The van der Waals surface area contributed by atoms with Crippen molar-refractivity contribution in [2.24, 2.45) is 0 Å². The fraction of sp³-hybridized carbons (Fsp3) is 0.444. The van der Waals surface area contributed by atoms with E-state index in [1.807, 2.05) is 0 Å². The minimum Gasteiger partial charge on any atom is -0.393 e. The van der Waals surface area contributed by atoms with Crippen LogP contribution in [0.1, 0.15) is 23.4 Å². The second kappa shape index (κ2) is 7.56. The Morgan fingerprint density at radius 1 is 1.00 bits per heavy atom. The van der Waals surface area contributed by atoms with Gasteiger partial charge in [0.1, 0.15) is 0 Å².